The Hall–Kier alpha value is -5.56. The van der Waals surface area contributed by atoms with Crippen molar-refractivity contribution in [3.8, 4) is 11.5 Å². The summed E-state index contributed by atoms with van der Waals surface area (Å²) in [4.78, 5) is 46.0. The Morgan fingerprint density at radius 3 is 2.32 bits per heavy atom. The number of likely N-dealkylation sites (tertiary alicyclic amines) is 1. The minimum atomic E-state index is -0.739. The number of anilines is 2. The van der Waals surface area contributed by atoms with Gasteiger partial charge in [0.05, 0.1) is 12.3 Å². The normalized spacial score (nSPS) is 24.2. The highest BCUT2D eigenvalue weighted by molar-refractivity contribution is 6.05. The topological polar surface area (TPSA) is 106 Å². The highest BCUT2D eigenvalue weighted by Crippen LogP contribution is 2.49. The van der Waals surface area contributed by atoms with E-state index in [1.807, 2.05) is 18.2 Å². The van der Waals surface area contributed by atoms with E-state index >= 15 is 13.2 Å². The molecular weight excluding hydrogens is 772 g/mol. The van der Waals surface area contributed by atoms with Crippen LogP contribution in [0.1, 0.15) is 83.0 Å². The molecule has 2 N–H and O–H groups in total. The third-order valence-corrected chi connectivity index (χ3v) is 14.2. The van der Waals surface area contributed by atoms with Gasteiger partial charge in [-0.3, -0.25) is 19.7 Å². The van der Waals surface area contributed by atoms with E-state index in [9.17, 15) is 19.5 Å². The fourth-order valence-electron chi connectivity index (χ4n) is 10.8. The lowest BCUT2D eigenvalue weighted by Gasteiger charge is -2.55. The van der Waals surface area contributed by atoms with E-state index < -0.39 is 35.4 Å². The molecule has 3 amide bonds. The molecule has 0 aromatic heterocycles. The van der Waals surface area contributed by atoms with E-state index in [0.29, 0.717) is 47.0 Å². The van der Waals surface area contributed by atoms with Crippen LogP contribution in [0.2, 0.25) is 0 Å². The van der Waals surface area contributed by atoms with Crippen LogP contribution in [0.5, 0.6) is 11.5 Å². The number of carbonyl (C=O) groups excluding carboxylic acids is 3. The van der Waals surface area contributed by atoms with E-state index in [-0.39, 0.29) is 47.4 Å². The molecule has 6 aliphatic heterocycles. The average Bonchev–Trinajstić information content (AvgIpc) is 3.55. The van der Waals surface area contributed by atoms with E-state index in [0.717, 1.165) is 82.7 Å². The maximum Gasteiger partial charge on any atom is 0.255 e. The number of phenolic OH excluding ortho intramolecular Hbond substituents is 1. The van der Waals surface area contributed by atoms with Crippen molar-refractivity contribution in [1.29, 1.82) is 0 Å². The molecule has 0 bridgehead atoms. The predicted molar refractivity (Wildman–Crippen MR) is 219 cm³/mol. The molecule has 10 nitrogen and oxygen atoms in total. The summed E-state index contributed by atoms with van der Waals surface area (Å²) in [6, 6.07) is 19.0. The molecule has 0 aliphatic carbocycles. The van der Waals surface area contributed by atoms with Gasteiger partial charge in [0.15, 0.2) is 0 Å². The van der Waals surface area contributed by atoms with Gasteiger partial charge in [-0.1, -0.05) is 18.2 Å². The molecule has 4 saturated heterocycles. The number of aromatic hydroxyl groups is 1. The average molecular weight is 820 g/mol. The molecule has 4 aromatic carbocycles. The van der Waals surface area contributed by atoms with Crippen molar-refractivity contribution >= 4 is 29.1 Å². The molecule has 0 radical (unpaired) electrons. The Bertz CT molecular complexity index is 2350. The Labute approximate surface area is 346 Å². The van der Waals surface area contributed by atoms with Crippen LogP contribution >= 0.6 is 0 Å². The molecule has 1 spiro atoms. The summed E-state index contributed by atoms with van der Waals surface area (Å²) in [5, 5.41) is 12.5. The molecule has 10 rings (SSSR count). The maximum absolute atomic E-state index is 16.1. The van der Waals surface area contributed by atoms with Crippen molar-refractivity contribution in [2.45, 2.75) is 62.9 Å². The first-order chi connectivity index (χ1) is 29.0. The number of nitrogens with one attached hydrogen (secondary N) is 1. The number of ether oxygens (including phenoxy) is 1. The van der Waals surface area contributed by atoms with Crippen LogP contribution in [-0.4, -0.2) is 91.1 Å². The van der Waals surface area contributed by atoms with E-state index in [4.69, 9.17) is 4.74 Å². The molecule has 3 atom stereocenters. The van der Waals surface area contributed by atoms with Gasteiger partial charge >= 0.3 is 0 Å². The number of rotatable bonds is 7. The zero-order valence-electron chi connectivity index (χ0n) is 33.3. The standard InChI is InChI=1S/C47H48F3N5O5/c48-36-2-1-3-37(49)44(36)35-25-60-41-22-32(56)6-8-34(41)43(35)29-4-9-39(38(50)21-29)53-16-12-28(13-17-53)23-52-18-14-47(15-19-52)26-54(27-47)31-5-7-33-30(20-31)24-55(46(33)59)40-10-11-42(57)51-45(40)58/h1-9,20-22,28,35,40,43,56H,10-19,23-27H2,(H,51,57,58)/t35-,40+,43+/m0/s1. The number of amides is 3. The summed E-state index contributed by atoms with van der Waals surface area (Å²) < 4.78 is 52.2. The Kier molecular flexibility index (Phi) is 9.76. The minimum Gasteiger partial charge on any atom is -0.508 e. The van der Waals surface area contributed by atoms with E-state index in [2.05, 4.69) is 26.1 Å². The first kappa shape index (κ1) is 38.6. The third-order valence-electron chi connectivity index (χ3n) is 14.2. The van der Waals surface area contributed by atoms with Gasteiger partial charge in [0.25, 0.3) is 5.91 Å². The number of benzene rings is 4. The Balaban J connectivity index is 0.728. The number of fused-ring (bicyclic) bond motifs is 2. The van der Waals surface area contributed by atoms with Crippen LogP contribution < -0.4 is 19.9 Å². The Morgan fingerprint density at radius 1 is 0.817 bits per heavy atom. The predicted octanol–water partition coefficient (Wildman–Crippen LogP) is 6.70. The first-order valence-corrected chi connectivity index (χ1v) is 21.2. The SMILES string of the molecule is O=C1CC[C@@H](N2Cc3cc(N4CC5(CCN(CC6CCN(c7ccc([C@@H]8c9ccc(O)cc9OC[C@@H]8c8c(F)cccc8F)cc7F)CC6)CC5)C4)ccc3C2=O)C(=O)N1. The van der Waals surface area contributed by atoms with Gasteiger partial charge in [-0.2, -0.15) is 0 Å². The van der Waals surface area contributed by atoms with Crippen LogP contribution in [0.4, 0.5) is 24.5 Å². The van der Waals surface area contributed by atoms with E-state index in [1.54, 1.807) is 17.0 Å². The van der Waals surface area contributed by atoms with Gasteiger partial charge in [0.2, 0.25) is 11.8 Å². The van der Waals surface area contributed by atoms with Crippen LogP contribution in [0.15, 0.2) is 72.8 Å². The molecule has 60 heavy (non-hydrogen) atoms. The second-order valence-electron chi connectivity index (χ2n) is 17.8. The van der Waals surface area contributed by atoms with Gasteiger partial charge < -0.3 is 29.4 Å². The summed E-state index contributed by atoms with van der Waals surface area (Å²) in [5.74, 6) is -2.94. The lowest BCUT2D eigenvalue weighted by atomic mass is 9.71. The number of carbonyl (C=O) groups is 3. The zero-order valence-corrected chi connectivity index (χ0v) is 33.3. The Morgan fingerprint density at radius 2 is 1.58 bits per heavy atom. The number of piperidine rings is 3. The summed E-state index contributed by atoms with van der Waals surface area (Å²) >= 11 is 0. The van der Waals surface area contributed by atoms with Crippen LogP contribution in [0, 0.1) is 28.8 Å². The number of hydrogen-bond donors (Lipinski definition) is 2. The molecule has 13 heteroatoms. The highest BCUT2D eigenvalue weighted by atomic mass is 19.1. The zero-order chi connectivity index (χ0) is 41.3. The monoisotopic (exact) mass is 819 g/mol. The highest BCUT2D eigenvalue weighted by Gasteiger charge is 2.46. The van der Waals surface area contributed by atoms with Crippen molar-refractivity contribution in [2.24, 2.45) is 11.3 Å². The number of imide groups is 1. The van der Waals surface area contributed by atoms with Crippen molar-refractivity contribution < 1.29 is 37.4 Å². The second-order valence-corrected chi connectivity index (χ2v) is 17.8. The van der Waals surface area contributed by atoms with Crippen molar-refractivity contribution in [3.05, 3.63) is 118 Å². The van der Waals surface area contributed by atoms with Gasteiger partial charge in [-0.15, -0.1) is 0 Å². The summed E-state index contributed by atoms with van der Waals surface area (Å²) in [7, 11) is 0. The third kappa shape index (κ3) is 6.94. The number of hydrogen-bond acceptors (Lipinski definition) is 8. The van der Waals surface area contributed by atoms with Gasteiger partial charge in [0.1, 0.15) is 35.0 Å². The second kappa shape index (κ2) is 15.2. The molecule has 0 saturated carbocycles. The van der Waals surface area contributed by atoms with Crippen molar-refractivity contribution in [3.63, 3.8) is 0 Å². The van der Waals surface area contributed by atoms with Gasteiger partial charge in [0, 0.05) is 91.4 Å². The lowest BCUT2D eigenvalue weighted by Crippen LogP contribution is -2.60. The summed E-state index contributed by atoms with van der Waals surface area (Å²) in [6.45, 7) is 6.95. The number of phenols is 1. The van der Waals surface area contributed by atoms with Crippen LogP contribution in [0.3, 0.4) is 0 Å². The van der Waals surface area contributed by atoms with Crippen LogP contribution in [0.25, 0.3) is 0 Å². The molecule has 4 fully saturated rings. The first-order valence-electron chi connectivity index (χ1n) is 21.2. The fourth-order valence-corrected chi connectivity index (χ4v) is 10.8. The molecule has 312 valence electrons. The summed E-state index contributed by atoms with van der Waals surface area (Å²) in [6.07, 6.45) is 4.79. The van der Waals surface area contributed by atoms with Crippen molar-refractivity contribution in [2.75, 3.05) is 62.2 Å². The minimum absolute atomic E-state index is 0.0133. The van der Waals surface area contributed by atoms with Crippen LogP contribution in [-0.2, 0) is 16.1 Å². The smallest absolute Gasteiger partial charge is 0.255 e. The van der Waals surface area contributed by atoms with E-state index in [1.165, 1.54) is 36.4 Å². The molecular formula is C47H48F3N5O5. The quantitative estimate of drug-likeness (QED) is 0.199. The molecule has 6 aliphatic rings. The molecule has 0 unspecified atom stereocenters. The van der Waals surface area contributed by atoms with Crippen molar-refractivity contribution in [1.82, 2.24) is 15.1 Å². The maximum atomic E-state index is 16.1. The number of nitrogens with zero attached hydrogens (tertiary/aromatic N) is 4. The molecule has 6 heterocycles. The summed E-state index contributed by atoms with van der Waals surface area (Å²) in [5.41, 5.74) is 4.62. The fraction of sp³-hybridized carbons (Fsp3) is 0.426. The van der Waals surface area contributed by atoms with Gasteiger partial charge in [-0.25, -0.2) is 13.2 Å². The number of halogens is 3. The largest absolute Gasteiger partial charge is 0.508 e. The van der Waals surface area contributed by atoms with Gasteiger partial charge in [-0.05, 0) is 111 Å². The molecule has 4 aromatic rings. The lowest BCUT2D eigenvalue weighted by molar-refractivity contribution is -0.136.